The molecule has 1 saturated carbocycles. The third-order valence-electron chi connectivity index (χ3n) is 5.72. The fourth-order valence-corrected chi connectivity index (χ4v) is 3.81. The van der Waals surface area contributed by atoms with Gasteiger partial charge in [-0.05, 0) is 44.4 Å². The third kappa shape index (κ3) is 2.91. The standard InChI is InChI=1S/C20H19F3N2O3/c1-11-2-5-15-13(8-11)14(9-16(24-15)12-3-4-12)17(26)25-7-6-19(10-25,18(27)28)20(21,22)23/h2,5,8-9,12H,3-4,6-7,10H2,1H3,(H,27,28). The van der Waals surface area contributed by atoms with Gasteiger partial charge in [-0.25, -0.2) is 0 Å². The zero-order valence-electron chi connectivity index (χ0n) is 15.2. The van der Waals surface area contributed by atoms with Gasteiger partial charge in [-0.15, -0.1) is 0 Å². The van der Waals surface area contributed by atoms with Gasteiger partial charge in [-0.2, -0.15) is 13.2 Å². The van der Waals surface area contributed by atoms with E-state index in [1.807, 2.05) is 13.0 Å². The lowest BCUT2D eigenvalue weighted by Crippen LogP contribution is -2.47. The van der Waals surface area contributed by atoms with Crippen molar-refractivity contribution < 1.29 is 27.9 Å². The summed E-state index contributed by atoms with van der Waals surface area (Å²) in [4.78, 5) is 30.2. The first-order valence-electron chi connectivity index (χ1n) is 9.13. The number of rotatable bonds is 3. The Hall–Kier alpha value is -2.64. The van der Waals surface area contributed by atoms with E-state index in [1.54, 1.807) is 18.2 Å². The number of carboxylic acid groups (broad SMARTS) is 1. The molecular formula is C20H19F3N2O3. The Bertz CT molecular complexity index is 985. The summed E-state index contributed by atoms with van der Waals surface area (Å²) in [5.74, 6) is -2.25. The van der Waals surface area contributed by atoms with Gasteiger partial charge in [0.1, 0.15) is 0 Å². The summed E-state index contributed by atoms with van der Waals surface area (Å²) < 4.78 is 40.4. The molecule has 1 amide bonds. The van der Waals surface area contributed by atoms with Crippen molar-refractivity contribution in [3.63, 3.8) is 0 Å². The van der Waals surface area contributed by atoms with E-state index in [2.05, 4.69) is 4.98 Å². The van der Waals surface area contributed by atoms with Crippen LogP contribution < -0.4 is 0 Å². The van der Waals surface area contributed by atoms with Crippen LogP contribution in [0.4, 0.5) is 13.2 Å². The van der Waals surface area contributed by atoms with Crippen LogP contribution in [0.2, 0.25) is 0 Å². The van der Waals surface area contributed by atoms with Gasteiger partial charge in [0.15, 0.2) is 5.41 Å². The minimum Gasteiger partial charge on any atom is -0.481 e. The van der Waals surface area contributed by atoms with Crippen LogP contribution in [-0.4, -0.2) is 46.1 Å². The Balaban J connectivity index is 1.75. The largest absolute Gasteiger partial charge is 0.481 e. The predicted molar refractivity (Wildman–Crippen MR) is 95.1 cm³/mol. The van der Waals surface area contributed by atoms with Crippen LogP contribution in [0.3, 0.4) is 0 Å². The fraction of sp³-hybridized carbons (Fsp3) is 0.450. The number of carbonyl (C=O) groups is 2. The molecule has 28 heavy (non-hydrogen) atoms. The predicted octanol–water partition coefficient (Wildman–Crippen LogP) is 3.90. The van der Waals surface area contributed by atoms with E-state index in [1.165, 1.54) is 0 Å². The van der Waals surface area contributed by atoms with Crippen LogP contribution >= 0.6 is 0 Å². The molecule has 148 valence electrons. The van der Waals surface area contributed by atoms with Crippen molar-refractivity contribution in [1.82, 2.24) is 9.88 Å². The minimum atomic E-state index is -4.93. The maximum Gasteiger partial charge on any atom is 0.406 e. The molecule has 2 aromatic rings. The summed E-state index contributed by atoms with van der Waals surface area (Å²) in [6.45, 7) is 0.732. The number of likely N-dealkylation sites (tertiary alicyclic amines) is 1. The molecule has 2 aliphatic rings. The van der Waals surface area contributed by atoms with E-state index in [4.69, 9.17) is 0 Å². The van der Waals surface area contributed by atoms with Gasteiger partial charge < -0.3 is 10.0 Å². The number of hydrogen-bond donors (Lipinski definition) is 1. The molecule has 2 fully saturated rings. The van der Waals surface area contributed by atoms with Gasteiger partial charge >= 0.3 is 12.1 Å². The molecule has 8 heteroatoms. The molecular weight excluding hydrogens is 373 g/mol. The summed E-state index contributed by atoms with van der Waals surface area (Å²) in [6.07, 6.45) is -3.63. The molecule has 5 nitrogen and oxygen atoms in total. The highest BCUT2D eigenvalue weighted by Gasteiger charge is 2.64. The first-order chi connectivity index (χ1) is 13.1. The monoisotopic (exact) mass is 392 g/mol. The van der Waals surface area contributed by atoms with Gasteiger partial charge in [0.25, 0.3) is 5.91 Å². The zero-order chi connectivity index (χ0) is 20.3. The molecule has 0 radical (unpaired) electrons. The van der Waals surface area contributed by atoms with E-state index in [0.29, 0.717) is 16.5 Å². The molecule has 1 saturated heterocycles. The Morgan fingerprint density at radius 2 is 1.96 bits per heavy atom. The second-order valence-electron chi connectivity index (χ2n) is 7.75. The second-order valence-corrected chi connectivity index (χ2v) is 7.75. The number of aromatic nitrogens is 1. The van der Waals surface area contributed by atoms with Crippen molar-refractivity contribution in [2.45, 2.75) is 38.3 Å². The highest BCUT2D eigenvalue weighted by Crippen LogP contribution is 2.46. The number of hydrogen-bond acceptors (Lipinski definition) is 3. The van der Waals surface area contributed by atoms with Gasteiger partial charge in [0, 0.05) is 30.1 Å². The topological polar surface area (TPSA) is 70.5 Å². The first kappa shape index (κ1) is 18.7. The van der Waals surface area contributed by atoms with Crippen LogP contribution in [0.1, 0.15) is 46.8 Å². The Labute approximate surface area is 159 Å². The number of aliphatic carboxylic acids is 1. The molecule has 0 bridgehead atoms. The molecule has 1 atom stereocenters. The molecule has 1 aromatic carbocycles. The Kier molecular flexibility index (Phi) is 4.13. The highest BCUT2D eigenvalue weighted by atomic mass is 19.4. The van der Waals surface area contributed by atoms with E-state index >= 15 is 0 Å². The van der Waals surface area contributed by atoms with Crippen molar-refractivity contribution in [2.75, 3.05) is 13.1 Å². The van der Waals surface area contributed by atoms with Crippen LogP contribution in [0.25, 0.3) is 10.9 Å². The molecule has 1 N–H and O–H groups in total. The number of amides is 1. The molecule has 1 unspecified atom stereocenters. The summed E-state index contributed by atoms with van der Waals surface area (Å²) in [6, 6.07) is 7.12. The van der Waals surface area contributed by atoms with Crippen LogP contribution in [0.5, 0.6) is 0 Å². The minimum absolute atomic E-state index is 0.251. The van der Waals surface area contributed by atoms with Crippen molar-refractivity contribution in [1.29, 1.82) is 0 Å². The second kappa shape index (κ2) is 6.18. The number of carbonyl (C=O) groups excluding carboxylic acids is 1. The number of nitrogens with zero attached hydrogens (tertiary/aromatic N) is 2. The van der Waals surface area contributed by atoms with E-state index < -0.39 is 36.4 Å². The third-order valence-corrected chi connectivity index (χ3v) is 5.72. The molecule has 2 heterocycles. The summed E-state index contributed by atoms with van der Waals surface area (Å²) >= 11 is 0. The summed E-state index contributed by atoms with van der Waals surface area (Å²) in [5.41, 5.74) is -0.337. The van der Waals surface area contributed by atoms with Crippen LogP contribution in [-0.2, 0) is 4.79 Å². The molecule has 1 aliphatic carbocycles. The van der Waals surface area contributed by atoms with Gasteiger partial charge in [0.05, 0.1) is 11.1 Å². The first-order valence-corrected chi connectivity index (χ1v) is 9.13. The lowest BCUT2D eigenvalue weighted by atomic mass is 9.86. The Morgan fingerprint density at radius 3 is 2.54 bits per heavy atom. The molecule has 0 spiro atoms. The molecule has 1 aromatic heterocycles. The maximum absolute atomic E-state index is 13.5. The average molecular weight is 392 g/mol. The SMILES string of the molecule is Cc1ccc2nc(C3CC3)cc(C(=O)N3CCC(C(=O)O)(C(F)(F)F)C3)c2c1. The highest BCUT2D eigenvalue weighted by molar-refractivity contribution is 6.06. The number of aryl methyl sites for hydroxylation is 1. The number of benzene rings is 1. The zero-order valence-corrected chi connectivity index (χ0v) is 15.2. The number of pyridine rings is 1. The van der Waals surface area contributed by atoms with Gasteiger partial charge in [-0.1, -0.05) is 11.6 Å². The Morgan fingerprint density at radius 1 is 1.25 bits per heavy atom. The van der Waals surface area contributed by atoms with Gasteiger partial charge in [-0.3, -0.25) is 14.6 Å². The van der Waals surface area contributed by atoms with Crippen LogP contribution in [0.15, 0.2) is 24.3 Å². The quantitative estimate of drug-likeness (QED) is 0.860. The van der Waals surface area contributed by atoms with Gasteiger partial charge in [0.2, 0.25) is 0 Å². The molecule has 4 rings (SSSR count). The fourth-order valence-electron chi connectivity index (χ4n) is 3.81. The van der Waals surface area contributed by atoms with E-state index in [-0.39, 0.29) is 12.5 Å². The van der Waals surface area contributed by atoms with Crippen molar-refractivity contribution >= 4 is 22.8 Å². The normalized spacial score (nSPS) is 22.6. The van der Waals surface area contributed by atoms with Crippen molar-refractivity contribution in [3.05, 3.63) is 41.1 Å². The number of alkyl halides is 3. The average Bonchev–Trinajstić information content (AvgIpc) is 3.36. The van der Waals surface area contributed by atoms with E-state index in [9.17, 15) is 27.9 Å². The number of fused-ring (bicyclic) bond motifs is 1. The van der Waals surface area contributed by atoms with Crippen molar-refractivity contribution in [3.8, 4) is 0 Å². The number of halogens is 3. The number of carboxylic acids is 1. The molecule has 1 aliphatic heterocycles. The van der Waals surface area contributed by atoms with E-state index in [0.717, 1.165) is 29.0 Å². The maximum atomic E-state index is 13.5. The lowest BCUT2D eigenvalue weighted by Gasteiger charge is -2.27. The summed E-state index contributed by atoms with van der Waals surface area (Å²) in [7, 11) is 0. The van der Waals surface area contributed by atoms with Crippen LogP contribution in [0, 0.1) is 12.3 Å². The smallest absolute Gasteiger partial charge is 0.406 e. The van der Waals surface area contributed by atoms with Crippen molar-refractivity contribution in [2.24, 2.45) is 5.41 Å². The lowest BCUT2D eigenvalue weighted by molar-refractivity contribution is -0.227. The summed E-state index contributed by atoms with van der Waals surface area (Å²) in [5, 5.41) is 9.81.